The van der Waals surface area contributed by atoms with E-state index < -0.39 is 30.2 Å². The first-order chi connectivity index (χ1) is 18.3. The molecule has 4 unspecified atom stereocenters. The predicted molar refractivity (Wildman–Crippen MR) is 144 cm³/mol. The van der Waals surface area contributed by atoms with Crippen molar-refractivity contribution in [2.45, 2.75) is 63.2 Å². The van der Waals surface area contributed by atoms with E-state index in [1.807, 2.05) is 0 Å². The molecule has 0 bridgehead atoms. The van der Waals surface area contributed by atoms with Crippen LogP contribution in [-0.4, -0.2) is 81.2 Å². The molecule has 1 heterocycles. The van der Waals surface area contributed by atoms with Gasteiger partial charge in [-0.1, -0.05) is 43.0 Å². The van der Waals surface area contributed by atoms with E-state index in [9.17, 15) is 14.7 Å². The van der Waals surface area contributed by atoms with E-state index in [4.69, 9.17) is 16.3 Å². The van der Waals surface area contributed by atoms with Crippen molar-refractivity contribution in [1.82, 2.24) is 20.9 Å². The Labute approximate surface area is 229 Å². The van der Waals surface area contributed by atoms with Crippen molar-refractivity contribution >= 4 is 23.7 Å². The highest BCUT2D eigenvalue weighted by atomic mass is 35.5. The Morgan fingerprint density at radius 3 is 2.63 bits per heavy atom. The van der Waals surface area contributed by atoms with E-state index in [0.717, 1.165) is 38.5 Å². The lowest BCUT2D eigenvalue weighted by Crippen LogP contribution is -2.56. The monoisotopic (exact) mass is 556 g/mol. The normalized spacial score (nSPS) is 20.9. The molecule has 1 aromatic carbocycles. The molecule has 214 valence electrons. The topological polar surface area (TPSA) is 112 Å². The van der Waals surface area contributed by atoms with Crippen molar-refractivity contribution in [3.8, 4) is 0 Å². The number of piperidine rings is 1. The third-order valence-electron chi connectivity index (χ3n) is 7.59. The highest BCUT2D eigenvalue weighted by molar-refractivity contribution is 6.30. The van der Waals surface area contributed by atoms with E-state index in [1.54, 1.807) is 24.1 Å². The summed E-state index contributed by atoms with van der Waals surface area (Å²) in [6.45, 7) is 1.70. The SMILES string of the molecule is CNCC(NC(=O)N1CCCC(C(OCCNC(=O)OC)c2cccc(Cl)c2F)C1)C(O)C1CCCCC1. The maximum atomic E-state index is 15.0. The van der Waals surface area contributed by atoms with Gasteiger partial charge in [-0.2, -0.15) is 0 Å². The van der Waals surface area contributed by atoms with Gasteiger partial charge in [0, 0.05) is 37.7 Å². The van der Waals surface area contributed by atoms with Crippen molar-refractivity contribution in [2.24, 2.45) is 11.8 Å². The van der Waals surface area contributed by atoms with Crippen LogP contribution in [0.25, 0.3) is 0 Å². The lowest BCUT2D eigenvalue weighted by atomic mass is 9.82. The number of carbonyl (C=O) groups is 2. The number of rotatable bonds is 11. The summed E-state index contributed by atoms with van der Waals surface area (Å²) in [4.78, 5) is 26.4. The van der Waals surface area contributed by atoms with Gasteiger partial charge in [-0.25, -0.2) is 14.0 Å². The average Bonchev–Trinajstić information content (AvgIpc) is 2.94. The summed E-state index contributed by atoms with van der Waals surface area (Å²) >= 11 is 6.07. The number of benzene rings is 1. The molecule has 1 saturated carbocycles. The molecule has 3 amide bonds. The van der Waals surface area contributed by atoms with Crippen molar-refractivity contribution in [3.63, 3.8) is 0 Å². The van der Waals surface area contributed by atoms with Gasteiger partial charge in [0.05, 0.1) is 37.0 Å². The van der Waals surface area contributed by atoms with E-state index in [2.05, 4.69) is 20.7 Å². The van der Waals surface area contributed by atoms with Gasteiger partial charge in [-0.05, 0) is 44.7 Å². The van der Waals surface area contributed by atoms with Crippen LogP contribution in [0.5, 0.6) is 0 Å². The van der Waals surface area contributed by atoms with E-state index in [-0.39, 0.29) is 36.0 Å². The number of hydrogen-bond donors (Lipinski definition) is 4. The molecule has 1 saturated heterocycles. The van der Waals surface area contributed by atoms with Gasteiger partial charge in [0.25, 0.3) is 0 Å². The summed E-state index contributed by atoms with van der Waals surface area (Å²) in [7, 11) is 3.08. The highest BCUT2D eigenvalue weighted by Crippen LogP contribution is 2.36. The molecule has 2 aliphatic rings. The van der Waals surface area contributed by atoms with Crippen LogP contribution in [0, 0.1) is 17.7 Å². The molecule has 1 aliphatic carbocycles. The number of hydrogen-bond acceptors (Lipinski definition) is 6. The zero-order valence-corrected chi connectivity index (χ0v) is 23.1. The number of urea groups is 1. The largest absolute Gasteiger partial charge is 0.453 e. The summed E-state index contributed by atoms with van der Waals surface area (Å²) < 4.78 is 25.7. The fraction of sp³-hybridized carbons (Fsp3) is 0.704. The van der Waals surface area contributed by atoms with Gasteiger partial charge in [-0.15, -0.1) is 0 Å². The summed E-state index contributed by atoms with van der Waals surface area (Å²) in [5.74, 6) is -0.559. The summed E-state index contributed by atoms with van der Waals surface area (Å²) in [6, 6.07) is 4.14. The second-order valence-corrected chi connectivity index (χ2v) is 10.6. The Balaban J connectivity index is 1.69. The van der Waals surface area contributed by atoms with Crippen LogP contribution in [0.4, 0.5) is 14.0 Å². The summed E-state index contributed by atoms with van der Waals surface area (Å²) in [6.07, 6.45) is 4.94. The Morgan fingerprint density at radius 2 is 1.92 bits per heavy atom. The Morgan fingerprint density at radius 1 is 1.18 bits per heavy atom. The molecular formula is C27H42ClFN4O5. The van der Waals surface area contributed by atoms with Gasteiger partial charge >= 0.3 is 12.1 Å². The number of methoxy groups -OCH3 is 1. The zero-order valence-electron chi connectivity index (χ0n) is 22.4. The smallest absolute Gasteiger partial charge is 0.406 e. The second-order valence-electron chi connectivity index (χ2n) is 10.2. The molecule has 4 N–H and O–H groups in total. The highest BCUT2D eigenvalue weighted by Gasteiger charge is 2.35. The maximum absolute atomic E-state index is 15.0. The zero-order chi connectivity index (χ0) is 27.5. The number of aliphatic hydroxyl groups excluding tert-OH is 1. The number of halogens is 2. The van der Waals surface area contributed by atoms with E-state index in [0.29, 0.717) is 25.2 Å². The molecule has 9 nitrogen and oxygen atoms in total. The first kappa shape index (κ1) is 30.4. The Kier molecular flexibility index (Phi) is 12.4. The summed E-state index contributed by atoms with van der Waals surface area (Å²) in [5.41, 5.74) is 0.323. The molecular weight excluding hydrogens is 515 g/mol. The number of likely N-dealkylation sites (tertiary alicyclic amines) is 1. The molecule has 0 aromatic heterocycles. The van der Waals surface area contributed by atoms with Gasteiger partial charge in [0.2, 0.25) is 0 Å². The third-order valence-corrected chi connectivity index (χ3v) is 7.89. The Hall–Kier alpha value is -2.14. The minimum atomic E-state index is -0.662. The lowest BCUT2D eigenvalue weighted by Gasteiger charge is -2.39. The standard InChI is InChI=1S/C27H42ClFN4O5/c1-30-16-22(24(34)18-8-4-3-5-9-18)32-26(35)33-14-7-10-19(17-33)25(38-15-13-31-27(36)37-2)20-11-6-12-21(28)23(20)29/h6,11-12,18-19,22,24-25,30,34H,3-5,7-10,13-17H2,1-2H3,(H,31,36)(H,32,35). The average molecular weight is 557 g/mol. The van der Waals surface area contributed by atoms with Crippen LogP contribution < -0.4 is 16.0 Å². The summed E-state index contributed by atoms with van der Waals surface area (Å²) in [5, 5.41) is 19.7. The first-order valence-electron chi connectivity index (χ1n) is 13.6. The van der Waals surface area contributed by atoms with Crippen LogP contribution in [0.1, 0.15) is 56.6 Å². The maximum Gasteiger partial charge on any atom is 0.406 e. The molecule has 38 heavy (non-hydrogen) atoms. The van der Waals surface area contributed by atoms with Gasteiger partial charge in [-0.3, -0.25) is 0 Å². The quantitative estimate of drug-likeness (QED) is 0.308. The molecule has 3 rings (SSSR count). The number of likely N-dealkylation sites (N-methyl/N-ethyl adjacent to an activating group) is 1. The molecule has 11 heteroatoms. The minimum Gasteiger partial charge on any atom is -0.453 e. The number of amides is 3. The first-order valence-corrected chi connectivity index (χ1v) is 14.0. The molecule has 1 aromatic rings. The van der Waals surface area contributed by atoms with E-state index >= 15 is 4.39 Å². The van der Waals surface area contributed by atoms with Gasteiger partial charge in [0.1, 0.15) is 5.82 Å². The molecule has 0 spiro atoms. The van der Waals surface area contributed by atoms with Crippen molar-refractivity contribution in [2.75, 3.05) is 46.9 Å². The van der Waals surface area contributed by atoms with Crippen LogP contribution in [0.15, 0.2) is 18.2 Å². The van der Waals surface area contributed by atoms with Gasteiger partial charge in [0.15, 0.2) is 0 Å². The fourth-order valence-corrected chi connectivity index (χ4v) is 5.79. The molecule has 0 radical (unpaired) electrons. The molecule has 4 atom stereocenters. The number of aliphatic hydroxyl groups is 1. The van der Waals surface area contributed by atoms with Crippen LogP contribution in [0.2, 0.25) is 5.02 Å². The Bertz CT molecular complexity index is 904. The van der Waals surface area contributed by atoms with Crippen molar-refractivity contribution in [3.05, 3.63) is 34.6 Å². The van der Waals surface area contributed by atoms with Crippen LogP contribution in [0.3, 0.4) is 0 Å². The number of ether oxygens (including phenoxy) is 2. The number of nitrogens with one attached hydrogen (secondary N) is 3. The van der Waals surface area contributed by atoms with E-state index in [1.165, 1.54) is 19.6 Å². The molecule has 2 fully saturated rings. The number of nitrogens with zero attached hydrogens (tertiary/aromatic N) is 1. The predicted octanol–water partition coefficient (Wildman–Crippen LogP) is 3.84. The van der Waals surface area contributed by atoms with Crippen molar-refractivity contribution < 1.29 is 28.6 Å². The lowest BCUT2D eigenvalue weighted by molar-refractivity contribution is -0.0113. The molecule has 1 aliphatic heterocycles. The third kappa shape index (κ3) is 8.43. The van der Waals surface area contributed by atoms with Crippen molar-refractivity contribution in [1.29, 1.82) is 0 Å². The second kappa shape index (κ2) is 15.5. The van der Waals surface area contributed by atoms with Gasteiger partial charge < -0.3 is 35.4 Å². The minimum absolute atomic E-state index is 0.000743. The van der Waals surface area contributed by atoms with Crippen LogP contribution in [-0.2, 0) is 9.47 Å². The fourth-order valence-electron chi connectivity index (χ4n) is 5.60. The number of carbonyl (C=O) groups excluding carboxylic acids is 2. The number of alkyl carbamates (subject to hydrolysis) is 1. The van der Waals surface area contributed by atoms with Crippen LogP contribution >= 0.6 is 11.6 Å².